The van der Waals surface area contributed by atoms with Crippen LogP contribution >= 0.6 is 0 Å². The van der Waals surface area contributed by atoms with Crippen LogP contribution in [0.5, 0.6) is 0 Å². The Labute approximate surface area is 35.2 Å². The molecule has 0 spiro atoms. The van der Waals surface area contributed by atoms with Crippen LogP contribution in [0, 0.1) is 5.92 Å². The van der Waals surface area contributed by atoms with Crippen molar-refractivity contribution in [2.75, 3.05) is 0 Å². The molecule has 1 nitrogen and oxygen atoms in total. The van der Waals surface area contributed by atoms with E-state index in [1.165, 1.54) is 0 Å². The lowest BCUT2D eigenvalue weighted by molar-refractivity contribution is -0.109. The van der Waals surface area contributed by atoms with Crippen LogP contribution in [0.25, 0.3) is 0 Å². The van der Waals surface area contributed by atoms with E-state index >= 15 is 0 Å². The summed E-state index contributed by atoms with van der Waals surface area (Å²) in [5.41, 5.74) is 0. The summed E-state index contributed by atoms with van der Waals surface area (Å²) in [5.74, 6) is -0.245. The van der Waals surface area contributed by atoms with Gasteiger partial charge in [-0.25, -0.2) is 4.39 Å². The lowest BCUT2D eigenvalue weighted by atomic mass is 10.5. The van der Waals surface area contributed by atoms with Crippen molar-refractivity contribution in [2.24, 2.45) is 5.92 Å². The molecule has 1 fully saturated rings. The van der Waals surface area contributed by atoms with Crippen molar-refractivity contribution in [3.05, 3.63) is 0 Å². The van der Waals surface area contributed by atoms with E-state index in [9.17, 15) is 9.18 Å². The predicted molar refractivity (Wildman–Crippen MR) is 19.1 cm³/mol. The number of rotatable bonds is 1. The molecule has 0 aromatic heterocycles. The standard InChI is InChI=1S/C4H5FO/c5-4-1-3(4)2-6/h2-4H,1H2/t3-,4-/m1/s1. The van der Waals surface area contributed by atoms with Gasteiger partial charge in [0.05, 0.1) is 0 Å². The second-order valence-electron chi connectivity index (χ2n) is 1.55. The van der Waals surface area contributed by atoms with Crippen molar-refractivity contribution < 1.29 is 9.18 Å². The van der Waals surface area contributed by atoms with Crippen LogP contribution in [-0.2, 0) is 4.79 Å². The molecule has 1 aliphatic carbocycles. The van der Waals surface area contributed by atoms with Gasteiger partial charge in [-0.2, -0.15) is 0 Å². The molecular weight excluding hydrogens is 83.0 g/mol. The number of aldehydes is 1. The maximum Gasteiger partial charge on any atom is 0.126 e. The average Bonchev–Trinajstić information content (AvgIpc) is 2.19. The SMILES string of the molecule is O=C[C@H]1C[C@H]1F. The van der Waals surface area contributed by atoms with Gasteiger partial charge in [0.2, 0.25) is 0 Å². The molecule has 0 amide bonds. The number of halogens is 1. The monoisotopic (exact) mass is 88.0 g/mol. The van der Waals surface area contributed by atoms with Gasteiger partial charge in [-0.3, -0.25) is 0 Å². The van der Waals surface area contributed by atoms with Crippen molar-refractivity contribution in [3.63, 3.8) is 0 Å². The molecule has 34 valence electrons. The fraction of sp³-hybridized carbons (Fsp3) is 0.750. The minimum Gasteiger partial charge on any atom is -0.303 e. The van der Waals surface area contributed by atoms with Gasteiger partial charge in [-0.1, -0.05) is 0 Å². The van der Waals surface area contributed by atoms with Crippen LogP contribution in [0.4, 0.5) is 4.39 Å². The fourth-order valence-corrected chi connectivity index (χ4v) is 0.322. The van der Waals surface area contributed by atoms with E-state index in [-0.39, 0.29) is 5.92 Å². The highest BCUT2D eigenvalue weighted by molar-refractivity contribution is 5.58. The Morgan fingerprint density at radius 3 is 2.33 bits per heavy atom. The number of hydrogen-bond acceptors (Lipinski definition) is 1. The van der Waals surface area contributed by atoms with Gasteiger partial charge in [0, 0.05) is 5.92 Å². The summed E-state index contributed by atoms with van der Waals surface area (Å²) in [6, 6.07) is 0. The summed E-state index contributed by atoms with van der Waals surface area (Å²) in [6.07, 6.45) is 0.330. The number of hydrogen-bond donors (Lipinski definition) is 0. The van der Waals surface area contributed by atoms with Crippen LogP contribution in [0.15, 0.2) is 0 Å². The maximum atomic E-state index is 11.5. The second-order valence-corrected chi connectivity index (χ2v) is 1.55. The summed E-state index contributed by atoms with van der Waals surface area (Å²) >= 11 is 0. The van der Waals surface area contributed by atoms with Crippen LogP contribution in [-0.4, -0.2) is 12.5 Å². The molecule has 0 N–H and O–H groups in total. The van der Waals surface area contributed by atoms with Crippen LogP contribution in [0.2, 0.25) is 0 Å². The highest BCUT2D eigenvalue weighted by Gasteiger charge is 2.36. The third-order valence-corrected chi connectivity index (χ3v) is 0.934. The van der Waals surface area contributed by atoms with E-state index < -0.39 is 6.17 Å². The summed E-state index contributed by atoms with van der Waals surface area (Å²) < 4.78 is 11.5. The molecule has 0 aromatic rings. The van der Waals surface area contributed by atoms with E-state index in [1.807, 2.05) is 0 Å². The van der Waals surface area contributed by atoms with E-state index in [2.05, 4.69) is 0 Å². The highest BCUT2D eigenvalue weighted by Crippen LogP contribution is 2.30. The Bertz CT molecular complexity index is 71.9. The van der Waals surface area contributed by atoms with Gasteiger partial charge in [0.15, 0.2) is 0 Å². The second kappa shape index (κ2) is 1.03. The highest BCUT2D eigenvalue weighted by atomic mass is 19.1. The zero-order valence-electron chi connectivity index (χ0n) is 3.23. The van der Waals surface area contributed by atoms with Crippen LogP contribution in [0.3, 0.4) is 0 Å². The molecular formula is C4H5FO. The maximum absolute atomic E-state index is 11.5. The molecule has 1 aliphatic rings. The molecule has 1 rings (SSSR count). The number of carbonyl (C=O) groups excluding carboxylic acids is 1. The van der Waals surface area contributed by atoms with Gasteiger partial charge in [0.1, 0.15) is 12.5 Å². The molecule has 0 bridgehead atoms. The third kappa shape index (κ3) is 0.421. The van der Waals surface area contributed by atoms with Crippen molar-refractivity contribution in [2.45, 2.75) is 12.6 Å². The van der Waals surface area contributed by atoms with Gasteiger partial charge in [-0.05, 0) is 6.42 Å². The first-order chi connectivity index (χ1) is 2.84. The molecule has 0 heterocycles. The topological polar surface area (TPSA) is 17.1 Å². The Kier molecular flexibility index (Phi) is 0.650. The molecule has 2 heteroatoms. The van der Waals surface area contributed by atoms with Crippen molar-refractivity contribution in [1.82, 2.24) is 0 Å². The molecule has 0 unspecified atom stereocenters. The molecule has 0 saturated heterocycles. The lowest BCUT2D eigenvalue weighted by Gasteiger charge is -1.64. The van der Waals surface area contributed by atoms with Gasteiger partial charge in [0.25, 0.3) is 0 Å². The summed E-state index contributed by atoms with van der Waals surface area (Å²) in [6.45, 7) is 0. The summed E-state index contributed by atoms with van der Waals surface area (Å²) in [4.78, 5) is 9.54. The normalized spacial score (nSPS) is 42.2. The third-order valence-electron chi connectivity index (χ3n) is 0.934. The Morgan fingerprint density at radius 1 is 1.83 bits per heavy atom. The minimum absolute atomic E-state index is 0.245. The minimum atomic E-state index is -0.803. The summed E-state index contributed by atoms with van der Waals surface area (Å²) in [5, 5.41) is 0. The molecule has 0 aromatic carbocycles. The predicted octanol–water partition coefficient (Wildman–Crippen LogP) is 0.543. The number of carbonyl (C=O) groups is 1. The smallest absolute Gasteiger partial charge is 0.126 e. The van der Waals surface area contributed by atoms with E-state index in [1.54, 1.807) is 0 Å². The van der Waals surface area contributed by atoms with Gasteiger partial charge >= 0.3 is 0 Å². The molecule has 6 heavy (non-hydrogen) atoms. The quantitative estimate of drug-likeness (QED) is 0.427. The van der Waals surface area contributed by atoms with Crippen LogP contribution in [0.1, 0.15) is 6.42 Å². The Morgan fingerprint density at radius 2 is 2.33 bits per heavy atom. The van der Waals surface area contributed by atoms with E-state index in [0.29, 0.717) is 12.7 Å². The first-order valence-electron chi connectivity index (χ1n) is 1.94. The first-order valence-corrected chi connectivity index (χ1v) is 1.94. The van der Waals surface area contributed by atoms with Crippen LogP contribution < -0.4 is 0 Å². The fourth-order valence-electron chi connectivity index (χ4n) is 0.322. The Hall–Kier alpha value is -0.400. The molecule has 0 radical (unpaired) electrons. The first kappa shape index (κ1) is 3.78. The average molecular weight is 88.1 g/mol. The molecule has 0 aliphatic heterocycles. The van der Waals surface area contributed by atoms with Gasteiger partial charge in [-0.15, -0.1) is 0 Å². The van der Waals surface area contributed by atoms with Crippen molar-refractivity contribution in [1.29, 1.82) is 0 Å². The summed E-state index contributed by atoms with van der Waals surface area (Å²) in [7, 11) is 0. The number of alkyl halides is 1. The zero-order chi connectivity index (χ0) is 4.57. The Balaban J connectivity index is 2.25. The van der Waals surface area contributed by atoms with Crippen molar-refractivity contribution >= 4 is 6.29 Å². The van der Waals surface area contributed by atoms with E-state index in [4.69, 9.17) is 0 Å². The van der Waals surface area contributed by atoms with Crippen molar-refractivity contribution in [3.8, 4) is 0 Å². The molecule has 2 atom stereocenters. The van der Waals surface area contributed by atoms with E-state index in [0.717, 1.165) is 0 Å². The largest absolute Gasteiger partial charge is 0.303 e. The zero-order valence-corrected chi connectivity index (χ0v) is 3.23. The van der Waals surface area contributed by atoms with Gasteiger partial charge < -0.3 is 4.79 Å². The lowest BCUT2D eigenvalue weighted by Crippen LogP contribution is -1.76. The molecule has 1 saturated carbocycles.